The summed E-state index contributed by atoms with van der Waals surface area (Å²) in [5.41, 5.74) is 1.00. The quantitative estimate of drug-likeness (QED) is 0.586. The van der Waals surface area contributed by atoms with E-state index >= 15 is 0 Å². The van der Waals surface area contributed by atoms with Gasteiger partial charge in [0.1, 0.15) is 11.5 Å². The number of hydrogen-bond donors (Lipinski definition) is 2. The van der Waals surface area contributed by atoms with Gasteiger partial charge in [0.25, 0.3) is 5.91 Å². The van der Waals surface area contributed by atoms with Gasteiger partial charge in [-0.15, -0.1) is 0 Å². The third-order valence-electron chi connectivity index (χ3n) is 3.88. The highest BCUT2D eigenvalue weighted by Crippen LogP contribution is 2.30. The van der Waals surface area contributed by atoms with Crippen molar-refractivity contribution in [2.24, 2.45) is 0 Å². The first-order valence-electron chi connectivity index (χ1n) is 9.70. The molecule has 0 bridgehead atoms. The van der Waals surface area contributed by atoms with E-state index in [1.807, 2.05) is 38.1 Å². The molecule has 0 fully saturated rings. The highest BCUT2D eigenvalue weighted by Gasteiger charge is 2.11. The Labute approximate surface area is 176 Å². The topological polar surface area (TPSA) is 76.7 Å². The number of anilines is 1. The van der Waals surface area contributed by atoms with E-state index in [-0.39, 0.29) is 18.4 Å². The maximum absolute atomic E-state index is 12.3. The van der Waals surface area contributed by atoms with Crippen LogP contribution in [0.15, 0.2) is 78.9 Å². The van der Waals surface area contributed by atoms with E-state index in [0.717, 1.165) is 0 Å². The summed E-state index contributed by atoms with van der Waals surface area (Å²) in [6.07, 6.45) is 0. The number of methoxy groups -OCH3 is 1. The predicted octanol–water partition coefficient (Wildman–Crippen LogP) is 4.88. The number of ether oxygens (including phenoxy) is 2. The molecule has 0 saturated carbocycles. The SMILES string of the molecule is CC.COc1cccc(Oc2ccccc2NC(=O)CNC(=O)c2ccccc2)c1. The Kier molecular flexibility index (Phi) is 8.93. The Hall–Kier alpha value is -3.80. The van der Waals surface area contributed by atoms with Gasteiger partial charge < -0.3 is 20.1 Å². The molecule has 0 aromatic heterocycles. The second-order valence-electron chi connectivity index (χ2n) is 5.87. The smallest absolute Gasteiger partial charge is 0.251 e. The average molecular weight is 406 g/mol. The van der Waals surface area contributed by atoms with Crippen molar-refractivity contribution in [2.75, 3.05) is 19.0 Å². The van der Waals surface area contributed by atoms with Crippen molar-refractivity contribution in [2.45, 2.75) is 13.8 Å². The largest absolute Gasteiger partial charge is 0.497 e. The van der Waals surface area contributed by atoms with Crippen LogP contribution in [-0.2, 0) is 4.79 Å². The predicted molar refractivity (Wildman–Crippen MR) is 118 cm³/mol. The molecule has 3 aromatic carbocycles. The molecule has 6 heteroatoms. The molecule has 0 spiro atoms. The summed E-state index contributed by atoms with van der Waals surface area (Å²) < 4.78 is 11.1. The Morgan fingerprint density at radius 3 is 2.23 bits per heavy atom. The molecule has 0 unspecified atom stereocenters. The van der Waals surface area contributed by atoms with Gasteiger partial charge in [0.05, 0.1) is 19.3 Å². The molecule has 2 amide bonds. The fraction of sp³-hybridized carbons (Fsp3) is 0.167. The van der Waals surface area contributed by atoms with Gasteiger partial charge in [-0.1, -0.05) is 50.2 Å². The second-order valence-corrected chi connectivity index (χ2v) is 5.87. The number of hydrogen-bond acceptors (Lipinski definition) is 4. The molecule has 6 nitrogen and oxygen atoms in total. The van der Waals surface area contributed by atoms with E-state index in [9.17, 15) is 9.59 Å². The summed E-state index contributed by atoms with van der Waals surface area (Å²) in [7, 11) is 1.58. The number of benzene rings is 3. The van der Waals surface area contributed by atoms with Crippen LogP contribution < -0.4 is 20.1 Å². The van der Waals surface area contributed by atoms with E-state index in [0.29, 0.717) is 28.5 Å². The van der Waals surface area contributed by atoms with E-state index in [4.69, 9.17) is 9.47 Å². The van der Waals surface area contributed by atoms with Gasteiger partial charge in [-0.25, -0.2) is 0 Å². The Bertz CT molecular complexity index is 958. The number of carbonyl (C=O) groups is 2. The summed E-state index contributed by atoms with van der Waals surface area (Å²) in [6.45, 7) is 3.85. The average Bonchev–Trinajstić information content (AvgIpc) is 2.81. The maximum atomic E-state index is 12.3. The first-order chi connectivity index (χ1) is 14.7. The minimum atomic E-state index is -0.356. The van der Waals surface area contributed by atoms with Crippen LogP contribution in [0.1, 0.15) is 24.2 Å². The lowest BCUT2D eigenvalue weighted by atomic mass is 10.2. The fourth-order valence-electron chi connectivity index (χ4n) is 2.50. The lowest BCUT2D eigenvalue weighted by Gasteiger charge is -2.13. The van der Waals surface area contributed by atoms with Crippen LogP contribution in [0, 0.1) is 0 Å². The summed E-state index contributed by atoms with van der Waals surface area (Å²) in [5.74, 6) is 1.07. The molecule has 2 N–H and O–H groups in total. The summed E-state index contributed by atoms with van der Waals surface area (Å²) in [6, 6.07) is 23.0. The lowest BCUT2D eigenvalue weighted by molar-refractivity contribution is -0.115. The summed E-state index contributed by atoms with van der Waals surface area (Å²) >= 11 is 0. The zero-order chi connectivity index (χ0) is 21.8. The molecule has 0 radical (unpaired) electrons. The molecule has 0 aliphatic rings. The first-order valence-corrected chi connectivity index (χ1v) is 9.70. The van der Waals surface area contributed by atoms with Crippen LogP contribution in [0.2, 0.25) is 0 Å². The maximum Gasteiger partial charge on any atom is 0.251 e. The fourth-order valence-corrected chi connectivity index (χ4v) is 2.50. The molecule has 3 aromatic rings. The number of carbonyl (C=O) groups excluding carboxylic acids is 2. The van der Waals surface area contributed by atoms with Gasteiger partial charge in [-0.3, -0.25) is 9.59 Å². The molecular formula is C24H26N2O4. The van der Waals surface area contributed by atoms with Crippen LogP contribution in [0.4, 0.5) is 5.69 Å². The second kappa shape index (κ2) is 11.9. The Balaban J connectivity index is 0.00000155. The minimum absolute atomic E-state index is 0.152. The number of para-hydroxylation sites is 2. The van der Waals surface area contributed by atoms with E-state index in [1.54, 1.807) is 61.7 Å². The highest BCUT2D eigenvalue weighted by molar-refractivity contribution is 5.99. The van der Waals surface area contributed by atoms with Crippen LogP contribution >= 0.6 is 0 Å². The van der Waals surface area contributed by atoms with Gasteiger partial charge >= 0.3 is 0 Å². The first kappa shape index (κ1) is 22.5. The van der Waals surface area contributed by atoms with Crippen molar-refractivity contribution in [1.29, 1.82) is 0 Å². The van der Waals surface area contributed by atoms with Gasteiger partial charge in [-0.05, 0) is 36.4 Å². The number of amides is 2. The molecule has 0 atom stereocenters. The molecule has 3 rings (SSSR count). The summed E-state index contributed by atoms with van der Waals surface area (Å²) in [4.78, 5) is 24.3. The molecular weight excluding hydrogens is 380 g/mol. The van der Waals surface area contributed by atoms with Crippen molar-refractivity contribution in [3.63, 3.8) is 0 Å². The van der Waals surface area contributed by atoms with Gasteiger partial charge in [0, 0.05) is 11.6 Å². The standard InChI is InChI=1S/C22H20N2O4.C2H6/c1-27-17-10-7-11-18(14-17)28-20-13-6-5-12-19(20)24-21(25)15-23-22(26)16-8-3-2-4-9-16;1-2/h2-14H,15H2,1H3,(H,23,26)(H,24,25);1-2H3. The molecule has 0 aliphatic heterocycles. The lowest BCUT2D eigenvalue weighted by Crippen LogP contribution is -2.32. The summed E-state index contributed by atoms with van der Waals surface area (Å²) in [5, 5.41) is 5.35. The van der Waals surface area contributed by atoms with Crippen LogP contribution in [0.5, 0.6) is 17.2 Å². The molecule has 156 valence electrons. The van der Waals surface area contributed by atoms with Crippen LogP contribution in [0.25, 0.3) is 0 Å². The molecule has 0 saturated heterocycles. The van der Waals surface area contributed by atoms with Gasteiger partial charge in [0.2, 0.25) is 5.91 Å². The van der Waals surface area contributed by atoms with Crippen molar-refractivity contribution in [1.82, 2.24) is 5.32 Å². The van der Waals surface area contributed by atoms with Crippen molar-refractivity contribution < 1.29 is 19.1 Å². The third-order valence-corrected chi connectivity index (χ3v) is 3.88. The Morgan fingerprint density at radius 1 is 0.833 bits per heavy atom. The molecule has 30 heavy (non-hydrogen) atoms. The zero-order valence-corrected chi connectivity index (χ0v) is 17.3. The van der Waals surface area contributed by atoms with Gasteiger partial charge in [-0.2, -0.15) is 0 Å². The normalized spacial score (nSPS) is 9.57. The minimum Gasteiger partial charge on any atom is -0.497 e. The van der Waals surface area contributed by atoms with Crippen LogP contribution in [-0.4, -0.2) is 25.5 Å². The molecule has 0 aliphatic carbocycles. The zero-order valence-electron chi connectivity index (χ0n) is 17.3. The van der Waals surface area contributed by atoms with Crippen molar-refractivity contribution >= 4 is 17.5 Å². The van der Waals surface area contributed by atoms with E-state index in [2.05, 4.69) is 10.6 Å². The van der Waals surface area contributed by atoms with Crippen LogP contribution in [0.3, 0.4) is 0 Å². The van der Waals surface area contributed by atoms with Crippen molar-refractivity contribution in [3.8, 4) is 17.2 Å². The Morgan fingerprint density at radius 2 is 1.50 bits per heavy atom. The van der Waals surface area contributed by atoms with E-state index < -0.39 is 0 Å². The number of rotatable bonds is 7. The van der Waals surface area contributed by atoms with Gasteiger partial charge in [0.15, 0.2) is 5.75 Å². The third kappa shape index (κ3) is 6.67. The highest BCUT2D eigenvalue weighted by atomic mass is 16.5. The molecule has 0 heterocycles. The van der Waals surface area contributed by atoms with Crippen molar-refractivity contribution in [3.05, 3.63) is 84.4 Å². The monoisotopic (exact) mass is 406 g/mol. The number of nitrogens with one attached hydrogen (secondary N) is 2. The van der Waals surface area contributed by atoms with E-state index in [1.165, 1.54) is 0 Å².